The molecule has 1 heterocycles. The van der Waals surface area contributed by atoms with E-state index in [1.54, 1.807) is 0 Å². The Kier molecular flexibility index (Phi) is 4.74. The van der Waals surface area contributed by atoms with E-state index in [0.29, 0.717) is 6.42 Å². The van der Waals surface area contributed by atoms with Crippen LogP contribution in [0.4, 0.5) is 0 Å². The second-order valence-electron chi connectivity index (χ2n) is 6.04. The molecule has 0 spiro atoms. The molecule has 2 atom stereocenters. The van der Waals surface area contributed by atoms with Crippen LogP contribution in [0.15, 0.2) is 36.4 Å². The summed E-state index contributed by atoms with van der Waals surface area (Å²) in [7, 11) is 0. The van der Waals surface area contributed by atoms with Crippen molar-refractivity contribution < 1.29 is 14.6 Å². The van der Waals surface area contributed by atoms with Gasteiger partial charge in [-0.25, -0.2) is 0 Å². The van der Waals surface area contributed by atoms with Gasteiger partial charge in [0.15, 0.2) is 0 Å². The van der Waals surface area contributed by atoms with Crippen LogP contribution < -0.4 is 0 Å². The number of esters is 1. The fourth-order valence-electron chi connectivity index (χ4n) is 3.16. The maximum Gasteiger partial charge on any atom is 0.309 e. The quantitative estimate of drug-likeness (QED) is 0.865. The molecule has 0 aromatic heterocycles. The molecule has 1 fully saturated rings. The minimum absolute atomic E-state index is 0.105. The minimum Gasteiger partial charge on any atom is -0.458 e. The lowest BCUT2D eigenvalue weighted by Gasteiger charge is -2.23. The van der Waals surface area contributed by atoms with Crippen molar-refractivity contribution in [1.29, 1.82) is 0 Å². The highest BCUT2D eigenvalue weighted by Gasteiger charge is 2.25. The van der Waals surface area contributed by atoms with Crippen LogP contribution in [-0.4, -0.2) is 23.3 Å². The third-order valence-electron chi connectivity index (χ3n) is 4.28. The van der Waals surface area contributed by atoms with Gasteiger partial charge in [-0.15, -0.1) is 0 Å². The molecule has 3 rings (SSSR count). The Morgan fingerprint density at radius 2 is 2.09 bits per heavy atom. The Morgan fingerprint density at radius 3 is 2.86 bits per heavy atom. The molecular weight excluding hydrogens is 276 g/mol. The van der Waals surface area contributed by atoms with Gasteiger partial charge in [0, 0.05) is 6.42 Å². The predicted molar refractivity (Wildman–Crippen MR) is 87.0 cm³/mol. The van der Waals surface area contributed by atoms with E-state index < -0.39 is 6.10 Å². The number of benzene rings is 1. The SMILES string of the molecule is O=C1CC(O)CC(/C=C/c2ccccc2C2=CCCCC2)O1. The van der Waals surface area contributed by atoms with Crippen molar-refractivity contribution in [3.8, 4) is 0 Å². The average Bonchev–Trinajstić information content (AvgIpc) is 2.53. The first-order chi connectivity index (χ1) is 10.7. The second-order valence-corrected chi connectivity index (χ2v) is 6.04. The fraction of sp³-hybridized carbons (Fsp3) is 0.421. The summed E-state index contributed by atoms with van der Waals surface area (Å²) in [5, 5.41) is 9.66. The van der Waals surface area contributed by atoms with Crippen molar-refractivity contribution in [3.05, 3.63) is 47.5 Å². The standard InChI is InChI=1S/C19H22O3/c20-16-12-17(22-19(21)13-16)11-10-15-8-4-5-9-18(15)14-6-2-1-3-7-14/h4-6,8-11,16-17,20H,1-3,7,12-13H2/b11-10+. The fourth-order valence-corrected chi connectivity index (χ4v) is 3.16. The Labute approximate surface area is 131 Å². The van der Waals surface area contributed by atoms with E-state index in [4.69, 9.17) is 4.74 Å². The molecular formula is C19H22O3. The zero-order chi connectivity index (χ0) is 15.4. The van der Waals surface area contributed by atoms with Crippen molar-refractivity contribution in [1.82, 2.24) is 0 Å². The molecule has 3 heteroatoms. The molecule has 116 valence electrons. The summed E-state index contributed by atoms with van der Waals surface area (Å²) in [4.78, 5) is 11.4. The highest BCUT2D eigenvalue weighted by Crippen LogP contribution is 2.30. The number of hydrogen-bond acceptors (Lipinski definition) is 3. The summed E-state index contributed by atoms with van der Waals surface area (Å²) in [5.41, 5.74) is 3.82. The molecule has 1 aliphatic carbocycles. The number of allylic oxidation sites excluding steroid dienone is 2. The topological polar surface area (TPSA) is 46.5 Å². The molecule has 1 N–H and O–H groups in total. The molecule has 1 aromatic carbocycles. The average molecular weight is 298 g/mol. The third kappa shape index (κ3) is 3.66. The van der Waals surface area contributed by atoms with Gasteiger partial charge in [0.1, 0.15) is 6.10 Å². The van der Waals surface area contributed by atoms with Crippen LogP contribution in [0.5, 0.6) is 0 Å². The van der Waals surface area contributed by atoms with Crippen molar-refractivity contribution in [3.63, 3.8) is 0 Å². The van der Waals surface area contributed by atoms with Crippen molar-refractivity contribution in [2.75, 3.05) is 0 Å². The maximum atomic E-state index is 11.4. The molecule has 1 saturated heterocycles. The summed E-state index contributed by atoms with van der Waals surface area (Å²) >= 11 is 0. The normalized spacial score (nSPS) is 25.9. The smallest absolute Gasteiger partial charge is 0.309 e. The van der Waals surface area contributed by atoms with Crippen molar-refractivity contribution >= 4 is 17.6 Å². The van der Waals surface area contributed by atoms with Crippen molar-refractivity contribution in [2.45, 2.75) is 50.7 Å². The van der Waals surface area contributed by atoms with Crippen LogP contribution in [0.3, 0.4) is 0 Å². The number of aliphatic hydroxyl groups is 1. The number of ether oxygens (including phenoxy) is 1. The Hall–Kier alpha value is -1.87. The van der Waals surface area contributed by atoms with Crippen LogP contribution in [0, 0.1) is 0 Å². The van der Waals surface area contributed by atoms with Gasteiger partial charge in [-0.05, 0) is 48.5 Å². The molecule has 3 nitrogen and oxygen atoms in total. The zero-order valence-corrected chi connectivity index (χ0v) is 12.7. The summed E-state index contributed by atoms with van der Waals surface area (Å²) in [6, 6.07) is 8.32. The summed E-state index contributed by atoms with van der Waals surface area (Å²) in [6.45, 7) is 0. The number of carbonyl (C=O) groups excluding carboxylic acids is 1. The Bertz CT molecular complexity index is 600. The lowest BCUT2D eigenvalue weighted by atomic mass is 9.90. The lowest BCUT2D eigenvalue weighted by molar-refractivity contribution is -0.156. The van der Waals surface area contributed by atoms with Crippen LogP contribution >= 0.6 is 0 Å². The molecule has 0 radical (unpaired) electrons. The first kappa shape index (κ1) is 15.0. The van der Waals surface area contributed by atoms with E-state index in [-0.39, 0.29) is 18.5 Å². The Morgan fingerprint density at radius 1 is 1.23 bits per heavy atom. The van der Waals surface area contributed by atoms with Crippen LogP contribution in [-0.2, 0) is 9.53 Å². The molecule has 2 aliphatic rings. The molecule has 1 aromatic rings. The van der Waals surface area contributed by atoms with E-state index in [0.717, 1.165) is 18.4 Å². The lowest BCUT2D eigenvalue weighted by Crippen LogP contribution is -2.31. The monoisotopic (exact) mass is 298 g/mol. The van der Waals surface area contributed by atoms with Gasteiger partial charge in [-0.1, -0.05) is 36.4 Å². The van der Waals surface area contributed by atoms with Crippen molar-refractivity contribution in [2.24, 2.45) is 0 Å². The first-order valence-corrected chi connectivity index (χ1v) is 8.06. The zero-order valence-electron chi connectivity index (χ0n) is 12.7. The largest absolute Gasteiger partial charge is 0.458 e. The highest BCUT2D eigenvalue weighted by molar-refractivity contribution is 5.75. The molecule has 0 amide bonds. The predicted octanol–water partition coefficient (Wildman–Crippen LogP) is 3.72. The van der Waals surface area contributed by atoms with Crippen LogP contribution in [0.1, 0.15) is 49.7 Å². The van der Waals surface area contributed by atoms with Crippen LogP contribution in [0.25, 0.3) is 11.6 Å². The van der Waals surface area contributed by atoms with E-state index in [9.17, 15) is 9.90 Å². The van der Waals surface area contributed by atoms with E-state index in [1.807, 2.05) is 18.2 Å². The Balaban J connectivity index is 1.78. The molecule has 2 unspecified atom stereocenters. The first-order valence-electron chi connectivity index (χ1n) is 8.06. The summed E-state index contributed by atoms with van der Waals surface area (Å²) in [6.07, 6.45) is 10.7. The van der Waals surface area contributed by atoms with Gasteiger partial charge in [0.2, 0.25) is 0 Å². The van der Waals surface area contributed by atoms with E-state index >= 15 is 0 Å². The number of aliphatic hydroxyl groups excluding tert-OH is 1. The van der Waals surface area contributed by atoms with Crippen LogP contribution in [0.2, 0.25) is 0 Å². The van der Waals surface area contributed by atoms with Gasteiger partial charge in [0.25, 0.3) is 0 Å². The number of carbonyl (C=O) groups is 1. The third-order valence-corrected chi connectivity index (χ3v) is 4.28. The summed E-state index contributed by atoms with van der Waals surface area (Å²) in [5.74, 6) is -0.323. The molecule has 0 saturated carbocycles. The number of rotatable bonds is 3. The van der Waals surface area contributed by atoms with E-state index in [1.165, 1.54) is 24.0 Å². The molecule has 0 bridgehead atoms. The maximum absolute atomic E-state index is 11.4. The van der Waals surface area contributed by atoms with Gasteiger partial charge in [-0.2, -0.15) is 0 Å². The van der Waals surface area contributed by atoms with Gasteiger partial charge in [0.05, 0.1) is 12.5 Å². The number of cyclic esters (lactones) is 1. The van der Waals surface area contributed by atoms with Gasteiger partial charge in [-0.3, -0.25) is 4.79 Å². The number of hydrogen-bond donors (Lipinski definition) is 1. The van der Waals surface area contributed by atoms with Gasteiger partial charge >= 0.3 is 5.97 Å². The highest BCUT2D eigenvalue weighted by atomic mass is 16.5. The molecule has 22 heavy (non-hydrogen) atoms. The van der Waals surface area contributed by atoms with Gasteiger partial charge < -0.3 is 9.84 Å². The second kappa shape index (κ2) is 6.93. The molecule has 1 aliphatic heterocycles. The summed E-state index contributed by atoms with van der Waals surface area (Å²) < 4.78 is 5.26. The minimum atomic E-state index is -0.591. The van der Waals surface area contributed by atoms with E-state index in [2.05, 4.69) is 24.3 Å².